The molecule has 1 heterocycles. The predicted octanol–water partition coefficient (Wildman–Crippen LogP) is 4.88. The van der Waals surface area contributed by atoms with Crippen LogP contribution in [0.25, 0.3) is 10.8 Å². The Kier molecular flexibility index (Phi) is 17.4. The number of likely N-dealkylation sites (N-methyl/N-ethyl adjacent to an activating group) is 1. The van der Waals surface area contributed by atoms with Gasteiger partial charge in [-0.25, -0.2) is 14.6 Å². The van der Waals surface area contributed by atoms with Crippen LogP contribution in [-0.4, -0.2) is 96.2 Å². The third kappa shape index (κ3) is 15.0. The number of fused-ring (bicyclic) bond motifs is 1. The van der Waals surface area contributed by atoms with Gasteiger partial charge in [0.15, 0.2) is 6.29 Å². The molecule has 2 aromatic carbocycles. The lowest BCUT2D eigenvalue weighted by molar-refractivity contribution is -0.179. The van der Waals surface area contributed by atoms with Crippen LogP contribution in [0.2, 0.25) is 0 Å². The molecule has 14 nitrogen and oxygen atoms in total. The van der Waals surface area contributed by atoms with E-state index in [1.54, 1.807) is 57.2 Å². The summed E-state index contributed by atoms with van der Waals surface area (Å²) in [6, 6.07) is 15.6. The number of nitrogens with one attached hydrogen (secondary N) is 4. The van der Waals surface area contributed by atoms with Crippen molar-refractivity contribution in [3.05, 3.63) is 78.1 Å². The molecule has 5 amide bonds. The number of alkyl carbamates (subject to hydrolysis) is 1. The van der Waals surface area contributed by atoms with Crippen molar-refractivity contribution < 1.29 is 33.4 Å². The zero-order chi connectivity index (χ0) is 38.8. The molecule has 0 spiro atoms. The zero-order valence-electron chi connectivity index (χ0n) is 32.1. The van der Waals surface area contributed by atoms with Gasteiger partial charge in [0.2, 0.25) is 11.8 Å². The molecule has 0 bridgehead atoms. The summed E-state index contributed by atoms with van der Waals surface area (Å²) in [5, 5.41) is 11.8. The van der Waals surface area contributed by atoms with Crippen LogP contribution in [0.1, 0.15) is 71.9 Å². The van der Waals surface area contributed by atoms with E-state index in [0.717, 1.165) is 21.9 Å². The maximum Gasteiger partial charge on any atom is 0.407 e. The van der Waals surface area contributed by atoms with E-state index >= 15 is 0 Å². The largest absolute Gasteiger partial charge is 0.444 e. The number of hydrogen-bond donors (Lipinski definition) is 4. The fourth-order valence-corrected chi connectivity index (χ4v) is 5.66. The summed E-state index contributed by atoms with van der Waals surface area (Å²) < 4.78 is 17.2. The predicted molar refractivity (Wildman–Crippen MR) is 203 cm³/mol. The van der Waals surface area contributed by atoms with E-state index < -0.39 is 42.0 Å². The van der Waals surface area contributed by atoms with Gasteiger partial charge in [-0.3, -0.25) is 20.0 Å². The van der Waals surface area contributed by atoms with Crippen LogP contribution in [-0.2, 0) is 36.9 Å². The lowest BCUT2D eigenvalue weighted by Gasteiger charge is -2.37. The van der Waals surface area contributed by atoms with Gasteiger partial charge in [0.1, 0.15) is 11.6 Å². The summed E-state index contributed by atoms with van der Waals surface area (Å²) in [5.74, 6) is -0.773. The van der Waals surface area contributed by atoms with Crippen LogP contribution < -0.4 is 21.4 Å². The minimum Gasteiger partial charge on any atom is -0.444 e. The van der Waals surface area contributed by atoms with Crippen molar-refractivity contribution in [2.24, 2.45) is 0 Å². The summed E-state index contributed by atoms with van der Waals surface area (Å²) in [4.78, 5) is 58.6. The highest BCUT2D eigenvalue weighted by Gasteiger charge is 2.34. The van der Waals surface area contributed by atoms with Crippen LogP contribution in [0.4, 0.5) is 9.59 Å². The number of hydrazine groups is 1. The first kappa shape index (κ1) is 42.6. The second-order valence-electron chi connectivity index (χ2n) is 13.7. The normalized spacial score (nSPS) is 12.6. The number of aromatic nitrogens is 1. The van der Waals surface area contributed by atoms with Crippen molar-refractivity contribution in [2.75, 3.05) is 33.4 Å². The first-order valence-electron chi connectivity index (χ1n) is 18.2. The Bertz CT molecular complexity index is 1590. The van der Waals surface area contributed by atoms with Gasteiger partial charge in [0.05, 0.1) is 12.6 Å². The fourth-order valence-electron chi connectivity index (χ4n) is 5.66. The Morgan fingerprint density at radius 1 is 0.887 bits per heavy atom. The molecule has 0 aliphatic carbocycles. The molecule has 0 fully saturated rings. The Morgan fingerprint density at radius 3 is 2.25 bits per heavy atom. The molecule has 0 saturated carbocycles. The molecule has 3 rings (SSSR count). The highest BCUT2D eigenvalue weighted by Crippen LogP contribution is 2.24. The third-order valence-electron chi connectivity index (χ3n) is 8.15. The highest BCUT2D eigenvalue weighted by atomic mass is 16.7. The monoisotopic (exact) mass is 735 g/mol. The molecular formula is C39H57N7O7. The third-order valence-corrected chi connectivity index (χ3v) is 8.15. The molecule has 1 aromatic heterocycles. The first-order valence-corrected chi connectivity index (χ1v) is 18.2. The maximum atomic E-state index is 14.7. The van der Waals surface area contributed by atoms with Gasteiger partial charge in [-0.1, -0.05) is 42.5 Å². The molecule has 0 aliphatic rings. The highest BCUT2D eigenvalue weighted by molar-refractivity contribution is 5.90. The molecule has 4 N–H and O–H groups in total. The molecule has 2 atom stereocenters. The van der Waals surface area contributed by atoms with E-state index in [1.165, 1.54) is 5.01 Å². The van der Waals surface area contributed by atoms with E-state index in [0.29, 0.717) is 32.6 Å². The van der Waals surface area contributed by atoms with E-state index in [4.69, 9.17) is 14.2 Å². The van der Waals surface area contributed by atoms with Crippen molar-refractivity contribution in [2.45, 2.75) is 97.9 Å². The van der Waals surface area contributed by atoms with Crippen molar-refractivity contribution in [3.8, 4) is 0 Å². The van der Waals surface area contributed by atoms with Gasteiger partial charge in [-0.15, -0.1) is 0 Å². The minimum absolute atomic E-state index is 0.216. The molecule has 0 radical (unpaired) electrons. The summed E-state index contributed by atoms with van der Waals surface area (Å²) in [5.41, 5.74) is 3.81. The van der Waals surface area contributed by atoms with Crippen LogP contribution in [0.15, 0.2) is 67.0 Å². The van der Waals surface area contributed by atoms with Gasteiger partial charge < -0.3 is 35.1 Å². The average molecular weight is 736 g/mol. The summed E-state index contributed by atoms with van der Waals surface area (Å²) >= 11 is 0. The molecule has 0 aliphatic heterocycles. The number of pyridine rings is 1. The zero-order valence-corrected chi connectivity index (χ0v) is 32.1. The maximum absolute atomic E-state index is 14.7. The number of benzene rings is 2. The second-order valence-corrected chi connectivity index (χ2v) is 13.7. The standard InChI is InChI=1S/C39H57N7O7/c1-8-51-36(52-9-2)28(3)46(26-31-17-14-16-30-15-10-11-18-32(30)31)35(48)33(19-12-13-22-41-38(50)53-39(4,5)6)43-34(47)27-45(7)44-37(49)42-25-29-20-23-40-24-21-29/h10-11,14-18,20-21,23-24,28,33,36H,8-9,12-13,19,22,25-27H2,1-7H3,(H,41,50)(H,43,47)(H2,42,44,49)/t28-,33-/m0/s1. The Hall–Kier alpha value is -4.79. The number of carbonyl (C=O) groups excluding carboxylic acids is 4. The van der Waals surface area contributed by atoms with Gasteiger partial charge in [-0.2, -0.15) is 0 Å². The van der Waals surface area contributed by atoms with Gasteiger partial charge in [-0.05, 0) is 94.8 Å². The Balaban J connectivity index is 1.80. The molecular weight excluding hydrogens is 678 g/mol. The van der Waals surface area contributed by atoms with Crippen molar-refractivity contribution in [1.82, 2.24) is 36.3 Å². The number of carbonyl (C=O) groups is 4. The number of rotatable bonds is 20. The van der Waals surface area contributed by atoms with Gasteiger partial charge in [0, 0.05) is 52.3 Å². The molecule has 53 heavy (non-hydrogen) atoms. The van der Waals surface area contributed by atoms with E-state index in [2.05, 4.69) is 26.4 Å². The average Bonchev–Trinajstić information content (AvgIpc) is 3.11. The molecule has 0 saturated heterocycles. The summed E-state index contributed by atoms with van der Waals surface area (Å²) in [6.07, 6.45) is 3.38. The SMILES string of the molecule is CCOC(OCC)[C@H](C)N(Cc1cccc2ccccc12)C(=O)[C@H](CCCCNC(=O)OC(C)(C)C)NC(=O)CN(C)NC(=O)NCc1ccncc1. The number of ether oxygens (including phenoxy) is 3. The molecule has 0 unspecified atom stereocenters. The van der Waals surface area contributed by atoms with E-state index in [-0.39, 0.29) is 32.0 Å². The van der Waals surface area contributed by atoms with Crippen LogP contribution in [0, 0.1) is 0 Å². The van der Waals surface area contributed by atoms with Gasteiger partial charge in [0.25, 0.3) is 0 Å². The van der Waals surface area contributed by atoms with E-state index in [9.17, 15) is 19.2 Å². The lowest BCUT2D eigenvalue weighted by Crippen LogP contribution is -2.56. The number of urea groups is 1. The number of nitrogens with zero attached hydrogens (tertiary/aromatic N) is 3. The minimum atomic E-state index is -0.931. The van der Waals surface area contributed by atoms with Crippen LogP contribution in [0.5, 0.6) is 0 Å². The number of amides is 5. The topological polar surface area (TPSA) is 163 Å². The van der Waals surface area contributed by atoms with Crippen molar-refractivity contribution in [3.63, 3.8) is 0 Å². The van der Waals surface area contributed by atoms with E-state index in [1.807, 2.05) is 63.2 Å². The summed E-state index contributed by atoms with van der Waals surface area (Å²) in [7, 11) is 1.56. The van der Waals surface area contributed by atoms with Crippen LogP contribution >= 0.6 is 0 Å². The Labute approximate surface area is 313 Å². The Morgan fingerprint density at radius 2 is 1.57 bits per heavy atom. The molecule has 14 heteroatoms. The second kappa shape index (κ2) is 21.7. The van der Waals surface area contributed by atoms with Crippen molar-refractivity contribution in [1.29, 1.82) is 0 Å². The van der Waals surface area contributed by atoms with Crippen molar-refractivity contribution >= 4 is 34.7 Å². The quantitative estimate of drug-likeness (QED) is 0.0720. The number of unbranched alkanes of at least 4 members (excludes halogenated alkanes) is 1. The summed E-state index contributed by atoms with van der Waals surface area (Å²) in [6.45, 7) is 12.4. The molecule has 290 valence electrons. The lowest BCUT2D eigenvalue weighted by atomic mass is 10.0. The van der Waals surface area contributed by atoms with Gasteiger partial charge >= 0.3 is 12.1 Å². The van der Waals surface area contributed by atoms with Crippen LogP contribution in [0.3, 0.4) is 0 Å². The first-order chi connectivity index (χ1) is 25.3. The number of hydrogen-bond acceptors (Lipinski definition) is 9. The fraction of sp³-hybridized carbons (Fsp3) is 0.513. The smallest absolute Gasteiger partial charge is 0.407 e. The molecule has 3 aromatic rings.